The molecule has 2 aromatic rings. The SMILES string of the molecule is CC(=O)Nc1ccc(NC(=O)CN(C)Cc2ccc(C)cc2)cc1. The molecule has 0 saturated carbocycles. The molecule has 0 saturated heterocycles. The second-order valence-electron chi connectivity index (χ2n) is 5.96. The van der Waals surface area contributed by atoms with Gasteiger partial charge in [-0.1, -0.05) is 29.8 Å². The number of amides is 2. The Bertz CT molecular complexity index is 694. The van der Waals surface area contributed by atoms with E-state index < -0.39 is 0 Å². The summed E-state index contributed by atoms with van der Waals surface area (Å²) in [5.41, 5.74) is 3.81. The van der Waals surface area contributed by atoms with Crippen LogP contribution < -0.4 is 10.6 Å². The van der Waals surface area contributed by atoms with E-state index in [0.717, 1.165) is 6.54 Å². The van der Waals surface area contributed by atoms with E-state index in [1.807, 2.05) is 11.9 Å². The van der Waals surface area contributed by atoms with Crippen molar-refractivity contribution in [3.05, 3.63) is 59.7 Å². The van der Waals surface area contributed by atoms with Crippen molar-refractivity contribution in [1.29, 1.82) is 0 Å². The number of anilines is 2. The second-order valence-corrected chi connectivity index (χ2v) is 5.96. The van der Waals surface area contributed by atoms with E-state index in [2.05, 4.69) is 41.8 Å². The molecule has 0 atom stereocenters. The van der Waals surface area contributed by atoms with Crippen molar-refractivity contribution >= 4 is 23.2 Å². The van der Waals surface area contributed by atoms with Crippen LogP contribution in [0.25, 0.3) is 0 Å². The van der Waals surface area contributed by atoms with Gasteiger partial charge < -0.3 is 10.6 Å². The summed E-state index contributed by atoms with van der Waals surface area (Å²) in [5.74, 6) is -0.193. The Balaban J connectivity index is 1.83. The highest BCUT2D eigenvalue weighted by Gasteiger charge is 2.08. The summed E-state index contributed by atoms with van der Waals surface area (Å²) in [6.45, 7) is 4.54. The number of hydrogen-bond acceptors (Lipinski definition) is 3. The number of nitrogens with one attached hydrogen (secondary N) is 2. The lowest BCUT2D eigenvalue weighted by atomic mass is 10.1. The van der Waals surface area contributed by atoms with E-state index in [0.29, 0.717) is 17.9 Å². The van der Waals surface area contributed by atoms with Crippen LogP contribution in [0.1, 0.15) is 18.1 Å². The lowest BCUT2D eigenvalue weighted by Gasteiger charge is -2.16. The van der Waals surface area contributed by atoms with Gasteiger partial charge in [-0.2, -0.15) is 0 Å². The van der Waals surface area contributed by atoms with Gasteiger partial charge in [-0.3, -0.25) is 14.5 Å². The molecule has 0 aromatic heterocycles. The fourth-order valence-electron chi connectivity index (χ4n) is 2.35. The molecule has 24 heavy (non-hydrogen) atoms. The molecule has 0 aliphatic rings. The van der Waals surface area contributed by atoms with E-state index in [-0.39, 0.29) is 11.8 Å². The molecule has 0 heterocycles. The highest BCUT2D eigenvalue weighted by Crippen LogP contribution is 2.13. The van der Waals surface area contributed by atoms with Crippen LogP contribution in [0.3, 0.4) is 0 Å². The Morgan fingerprint density at radius 2 is 1.46 bits per heavy atom. The summed E-state index contributed by atoms with van der Waals surface area (Å²) in [7, 11) is 1.92. The van der Waals surface area contributed by atoms with Crippen LogP contribution in [0, 0.1) is 6.92 Å². The number of hydrogen-bond donors (Lipinski definition) is 2. The molecule has 0 spiro atoms. The molecule has 0 aliphatic carbocycles. The minimum absolute atomic E-state index is 0.0723. The molecule has 2 N–H and O–H groups in total. The summed E-state index contributed by atoms with van der Waals surface area (Å²) in [6, 6.07) is 15.3. The first-order valence-electron chi connectivity index (χ1n) is 7.84. The van der Waals surface area contributed by atoms with Crippen LogP contribution in [0.2, 0.25) is 0 Å². The average Bonchev–Trinajstić information content (AvgIpc) is 2.51. The van der Waals surface area contributed by atoms with Gasteiger partial charge in [-0.05, 0) is 43.8 Å². The summed E-state index contributed by atoms with van der Waals surface area (Å²) in [6.07, 6.45) is 0. The lowest BCUT2D eigenvalue weighted by molar-refractivity contribution is -0.117. The third-order valence-electron chi connectivity index (χ3n) is 3.48. The zero-order chi connectivity index (χ0) is 17.5. The van der Waals surface area contributed by atoms with Gasteiger partial charge in [0.05, 0.1) is 6.54 Å². The third-order valence-corrected chi connectivity index (χ3v) is 3.48. The average molecular weight is 325 g/mol. The monoisotopic (exact) mass is 325 g/mol. The van der Waals surface area contributed by atoms with Gasteiger partial charge in [-0.15, -0.1) is 0 Å². The molecule has 2 rings (SSSR count). The summed E-state index contributed by atoms with van der Waals surface area (Å²) in [5, 5.41) is 5.54. The van der Waals surface area contributed by atoms with E-state index in [9.17, 15) is 9.59 Å². The maximum atomic E-state index is 12.1. The Kier molecular flexibility index (Phi) is 6.09. The maximum Gasteiger partial charge on any atom is 0.238 e. The minimum Gasteiger partial charge on any atom is -0.326 e. The largest absolute Gasteiger partial charge is 0.326 e. The first-order chi connectivity index (χ1) is 11.4. The predicted molar refractivity (Wildman–Crippen MR) is 96.9 cm³/mol. The maximum absolute atomic E-state index is 12.1. The quantitative estimate of drug-likeness (QED) is 0.858. The van der Waals surface area contributed by atoms with Crippen LogP contribution in [-0.4, -0.2) is 30.3 Å². The Morgan fingerprint density at radius 1 is 0.917 bits per heavy atom. The van der Waals surface area contributed by atoms with Crippen LogP contribution >= 0.6 is 0 Å². The van der Waals surface area contributed by atoms with Crippen molar-refractivity contribution in [2.75, 3.05) is 24.2 Å². The van der Waals surface area contributed by atoms with Crippen LogP contribution in [0.5, 0.6) is 0 Å². The molecule has 2 amide bonds. The van der Waals surface area contributed by atoms with E-state index in [1.165, 1.54) is 18.1 Å². The zero-order valence-electron chi connectivity index (χ0n) is 14.3. The smallest absolute Gasteiger partial charge is 0.238 e. The highest BCUT2D eigenvalue weighted by molar-refractivity contribution is 5.93. The third kappa shape index (κ3) is 5.85. The number of benzene rings is 2. The number of aryl methyl sites for hydroxylation is 1. The first kappa shape index (κ1) is 17.7. The van der Waals surface area contributed by atoms with Crippen LogP contribution in [0.4, 0.5) is 11.4 Å². The normalized spacial score (nSPS) is 10.5. The Hall–Kier alpha value is -2.66. The molecule has 0 aliphatic heterocycles. The molecular formula is C19H23N3O2. The number of likely N-dealkylation sites (N-methyl/N-ethyl adjacent to an activating group) is 1. The molecule has 0 radical (unpaired) electrons. The fraction of sp³-hybridized carbons (Fsp3) is 0.263. The number of rotatable bonds is 6. The highest BCUT2D eigenvalue weighted by atomic mass is 16.2. The van der Waals surface area contributed by atoms with Crippen molar-refractivity contribution in [2.45, 2.75) is 20.4 Å². The standard InChI is InChI=1S/C19H23N3O2/c1-14-4-6-16(7-5-14)12-22(3)13-19(24)21-18-10-8-17(9-11-18)20-15(2)23/h4-11H,12-13H2,1-3H3,(H,20,23)(H,21,24). The van der Waals surface area contributed by atoms with Crippen LogP contribution in [0.15, 0.2) is 48.5 Å². The van der Waals surface area contributed by atoms with Gasteiger partial charge in [-0.25, -0.2) is 0 Å². The number of nitrogens with zero attached hydrogens (tertiary/aromatic N) is 1. The van der Waals surface area contributed by atoms with Crippen molar-refractivity contribution in [3.8, 4) is 0 Å². The predicted octanol–water partition coefficient (Wildman–Crippen LogP) is 3.02. The number of carbonyl (C=O) groups is 2. The van der Waals surface area contributed by atoms with E-state index in [4.69, 9.17) is 0 Å². The van der Waals surface area contributed by atoms with Crippen molar-refractivity contribution in [2.24, 2.45) is 0 Å². The molecule has 0 unspecified atom stereocenters. The molecular weight excluding hydrogens is 302 g/mol. The number of carbonyl (C=O) groups excluding carboxylic acids is 2. The fourth-order valence-corrected chi connectivity index (χ4v) is 2.35. The molecule has 0 bridgehead atoms. The van der Waals surface area contributed by atoms with Crippen molar-refractivity contribution in [1.82, 2.24) is 4.90 Å². The van der Waals surface area contributed by atoms with Crippen molar-refractivity contribution < 1.29 is 9.59 Å². The zero-order valence-corrected chi connectivity index (χ0v) is 14.3. The van der Waals surface area contributed by atoms with Gasteiger partial charge in [0, 0.05) is 24.8 Å². The second kappa shape index (κ2) is 8.26. The van der Waals surface area contributed by atoms with Gasteiger partial charge in [0.15, 0.2) is 0 Å². The Morgan fingerprint density at radius 3 is 2.00 bits per heavy atom. The molecule has 2 aromatic carbocycles. The van der Waals surface area contributed by atoms with E-state index in [1.54, 1.807) is 24.3 Å². The topological polar surface area (TPSA) is 61.4 Å². The summed E-state index contributed by atoms with van der Waals surface area (Å²) < 4.78 is 0. The van der Waals surface area contributed by atoms with Gasteiger partial charge >= 0.3 is 0 Å². The molecule has 5 heteroatoms. The molecule has 5 nitrogen and oxygen atoms in total. The van der Waals surface area contributed by atoms with Gasteiger partial charge in [0.1, 0.15) is 0 Å². The minimum atomic E-state index is -0.121. The first-order valence-corrected chi connectivity index (χ1v) is 7.84. The van der Waals surface area contributed by atoms with Crippen molar-refractivity contribution in [3.63, 3.8) is 0 Å². The summed E-state index contributed by atoms with van der Waals surface area (Å²) >= 11 is 0. The van der Waals surface area contributed by atoms with Gasteiger partial charge in [0.25, 0.3) is 0 Å². The summed E-state index contributed by atoms with van der Waals surface area (Å²) in [4.78, 5) is 25.1. The lowest BCUT2D eigenvalue weighted by Crippen LogP contribution is -2.29. The molecule has 126 valence electrons. The van der Waals surface area contributed by atoms with E-state index >= 15 is 0 Å². The molecule has 0 fully saturated rings. The van der Waals surface area contributed by atoms with Gasteiger partial charge in [0.2, 0.25) is 11.8 Å². The Labute approximate surface area is 142 Å². The van der Waals surface area contributed by atoms with Crippen LogP contribution in [-0.2, 0) is 16.1 Å².